The number of carbonyl (C=O) groups excluding carboxylic acids is 2. The lowest BCUT2D eigenvalue weighted by Gasteiger charge is -2.17. The second-order valence-corrected chi connectivity index (χ2v) is 9.82. The molecule has 9 heteroatoms. The number of sulfonamides is 1. The highest BCUT2D eigenvalue weighted by atomic mass is 79.9. The fourth-order valence-corrected chi connectivity index (χ4v) is 3.93. The van der Waals surface area contributed by atoms with E-state index in [1.165, 1.54) is 19.2 Å². The topological polar surface area (TPSA) is 95.6 Å². The van der Waals surface area contributed by atoms with Gasteiger partial charge in [-0.1, -0.05) is 28.1 Å². The zero-order valence-corrected chi connectivity index (χ0v) is 18.9. The molecule has 0 saturated heterocycles. The maximum atomic E-state index is 12.5. The number of likely N-dealkylation sites (N-methyl/N-ethyl adjacent to an activating group) is 1. The van der Waals surface area contributed by atoms with Crippen LogP contribution in [0.15, 0.2) is 57.9 Å². The van der Waals surface area contributed by atoms with Crippen molar-refractivity contribution in [2.24, 2.45) is 0 Å². The number of anilines is 1. The molecule has 0 radical (unpaired) electrons. The average molecular weight is 482 g/mol. The molecule has 7 nitrogen and oxygen atoms in total. The van der Waals surface area contributed by atoms with Gasteiger partial charge in [0.15, 0.2) is 0 Å². The molecule has 0 aromatic heterocycles. The summed E-state index contributed by atoms with van der Waals surface area (Å²) in [5.74, 6) is -0.532. The van der Waals surface area contributed by atoms with Crippen LogP contribution < -0.4 is 10.6 Å². The van der Waals surface area contributed by atoms with Crippen LogP contribution in [0.2, 0.25) is 0 Å². The lowest BCUT2D eigenvalue weighted by atomic mass is 10.1. The van der Waals surface area contributed by atoms with Gasteiger partial charge in [-0.2, -0.15) is 4.31 Å². The maximum Gasteiger partial charge on any atom is 0.243 e. The van der Waals surface area contributed by atoms with Gasteiger partial charge in [-0.15, -0.1) is 0 Å². The summed E-state index contributed by atoms with van der Waals surface area (Å²) in [6.07, 6.45) is 0.251. The quantitative estimate of drug-likeness (QED) is 0.605. The van der Waals surface area contributed by atoms with Crippen molar-refractivity contribution in [2.45, 2.75) is 31.2 Å². The van der Waals surface area contributed by atoms with E-state index in [2.05, 4.69) is 26.6 Å². The lowest BCUT2D eigenvalue weighted by Crippen LogP contribution is -2.35. The number of nitrogens with one attached hydrogen (secondary N) is 2. The summed E-state index contributed by atoms with van der Waals surface area (Å²) in [4.78, 5) is 24.2. The molecule has 0 aliphatic rings. The first kappa shape index (κ1) is 23.1. The van der Waals surface area contributed by atoms with Crippen LogP contribution in [-0.2, 0) is 26.0 Å². The molecule has 2 N–H and O–H groups in total. The Hall–Kier alpha value is -2.23. The van der Waals surface area contributed by atoms with Crippen molar-refractivity contribution in [1.29, 1.82) is 0 Å². The molecule has 2 rings (SSSR count). The van der Waals surface area contributed by atoms with Gasteiger partial charge >= 0.3 is 0 Å². The van der Waals surface area contributed by atoms with E-state index < -0.39 is 15.9 Å². The molecule has 0 unspecified atom stereocenters. The van der Waals surface area contributed by atoms with E-state index in [1.807, 2.05) is 13.8 Å². The van der Waals surface area contributed by atoms with Gasteiger partial charge in [0.1, 0.15) is 0 Å². The molecule has 2 amide bonds. The second-order valence-electron chi connectivity index (χ2n) is 6.86. The molecule has 0 aliphatic heterocycles. The molecule has 0 saturated carbocycles. The summed E-state index contributed by atoms with van der Waals surface area (Å²) >= 11 is 3.26. The molecule has 0 fully saturated rings. The third kappa shape index (κ3) is 6.95. The molecule has 2 aromatic carbocycles. The van der Waals surface area contributed by atoms with E-state index in [0.717, 1.165) is 14.3 Å². The summed E-state index contributed by atoms with van der Waals surface area (Å²) in [5.41, 5.74) is 1.34. The van der Waals surface area contributed by atoms with Gasteiger partial charge in [0, 0.05) is 23.2 Å². The molecule has 29 heavy (non-hydrogen) atoms. The first-order chi connectivity index (χ1) is 13.6. The fourth-order valence-electron chi connectivity index (χ4n) is 2.54. The van der Waals surface area contributed by atoms with Crippen molar-refractivity contribution in [3.63, 3.8) is 0 Å². The van der Waals surface area contributed by atoms with Crippen LogP contribution in [0.5, 0.6) is 0 Å². The summed E-state index contributed by atoms with van der Waals surface area (Å²) in [6, 6.07) is 13.1. The Balaban J connectivity index is 1.94. The second kappa shape index (κ2) is 10.00. The van der Waals surface area contributed by atoms with Gasteiger partial charge in [0.2, 0.25) is 21.8 Å². The molecule has 0 spiro atoms. The van der Waals surface area contributed by atoms with Crippen molar-refractivity contribution in [3.8, 4) is 0 Å². The Morgan fingerprint density at radius 2 is 1.59 bits per heavy atom. The van der Waals surface area contributed by atoms with E-state index in [-0.39, 0.29) is 29.8 Å². The Labute approximate surface area is 179 Å². The summed E-state index contributed by atoms with van der Waals surface area (Å²) in [6.45, 7) is 3.46. The van der Waals surface area contributed by atoms with Gasteiger partial charge in [0.25, 0.3) is 0 Å². The first-order valence-corrected chi connectivity index (χ1v) is 11.2. The standard InChI is InChI=1S/C20H24BrN3O4S/c1-14(2)22-19(25)12-15-4-8-17(9-5-15)23-20(26)13-24(3)29(27,28)18-10-6-16(21)7-11-18/h4-11,14H,12-13H2,1-3H3,(H,22,25)(H,23,26). The van der Waals surface area contributed by atoms with Crippen molar-refractivity contribution in [1.82, 2.24) is 9.62 Å². The van der Waals surface area contributed by atoms with Crippen LogP contribution in [0.3, 0.4) is 0 Å². The van der Waals surface area contributed by atoms with Crippen LogP contribution in [0.4, 0.5) is 5.69 Å². The zero-order valence-electron chi connectivity index (χ0n) is 16.5. The Morgan fingerprint density at radius 1 is 1.00 bits per heavy atom. The highest BCUT2D eigenvalue weighted by Crippen LogP contribution is 2.18. The maximum absolute atomic E-state index is 12.5. The molecule has 2 aromatic rings. The minimum absolute atomic E-state index is 0.0726. The molecule has 0 heterocycles. The van der Waals surface area contributed by atoms with Crippen molar-refractivity contribution >= 4 is 43.5 Å². The van der Waals surface area contributed by atoms with Crippen LogP contribution in [0.25, 0.3) is 0 Å². The Bertz CT molecular complexity index is 958. The molecule has 0 atom stereocenters. The smallest absolute Gasteiger partial charge is 0.243 e. The highest BCUT2D eigenvalue weighted by molar-refractivity contribution is 9.10. The fraction of sp³-hybridized carbons (Fsp3) is 0.300. The number of nitrogens with zero attached hydrogens (tertiary/aromatic N) is 1. The van der Waals surface area contributed by atoms with E-state index in [9.17, 15) is 18.0 Å². The summed E-state index contributed by atoms with van der Waals surface area (Å²) < 4.78 is 26.9. The number of hydrogen-bond acceptors (Lipinski definition) is 4. The molecule has 0 bridgehead atoms. The predicted molar refractivity (Wildman–Crippen MR) is 116 cm³/mol. The number of rotatable bonds is 8. The largest absolute Gasteiger partial charge is 0.354 e. The van der Waals surface area contributed by atoms with Gasteiger partial charge < -0.3 is 10.6 Å². The molecule has 0 aliphatic carbocycles. The predicted octanol–water partition coefficient (Wildman–Crippen LogP) is 2.78. The number of amides is 2. The highest BCUT2D eigenvalue weighted by Gasteiger charge is 2.22. The van der Waals surface area contributed by atoms with Crippen LogP contribution >= 0.6 is 15.9 Å². The zero-order chi connectivity index (χ0) is 21.6. The SMILES string of the molecule is CC(C)NC(=O)Cc1ccc(NC(=O)CN(C)S(=O)(=O)c2ccc(Br)cc2)cc1. The third-order valence-electron chi connectivity index (χ3n) is 3.94. The van der Waals surface area contributed by atoms with Gasteiger partial charge in [-0.05, 0) is 55.8 Å². The Kier molecular flexibility index (Phi) is 7.95. The molecular weight excluding hydrogens is 458 g/mol. The number of carbonyl (C=O) groups is 2. The number of hydrogen-bond donors (Lipinski definition) is 2. The lowest BCUT2D eigenvalue weighted by molar-refractivity contribution is -0.121. The van der Waals surface area contributed by atoms with E-state index in [4.69, 9.17) is 0 Å². The minimum atomic E-state index is -3.77. The van der Waals surface area contributed by atoms with Crippen molar-refractivity contribution < 1.29 is 18.0 Å². The first-order valence-electron chi connectivity index (χ1n) is 8.98. The number of benzene rings is 2. The van der Waals surface area contributed by atoms with Gasteiger partial charge in [-0.25, -0.2) is 8.42 Å². The van der Waals surface area contributed by atoms with Gasteiger partial charge in [0.05, 0.1) is 17.9 Å². The van der Waals surface area contributed by atoms with E-state index >= 15 is 0 Å². The van der Waals surface area contributed by atoms with Crippen LogP contribution in [0, 0.1) is 0 Å². The van der Waals surface area contributed by atoms with E-state index in [1.54, 1.807) is 36.4 Å². The third-order valence-corrected chi connectivity index (χ3v) is 6.29. The monoisotopic (exact) mass is 481 g/mol. The molecule has 156 valence electrons. The molecular formula is C20H24BrN3O4S. The van der Waals surface area contributed by atoms with Gasteiger partial charge in [-0.3, -0.25) is 9.59 Å². The normalized spacial score (nSPS) is 11.5. The van der Waals surface area contributed by atoms with E-state index in [0.29, 0.717) is 5.69 Å². The van der Waals surface area contributed by atoms with Crippen LogP contribution in [0.1, 0.15) is 19.4 Å². The van der Waals surface area contributed by atoms with Crippen molar-refractivity contribution in [2.75, 3.05) is 18.9 Å². The van der Waals surface area contributed by atoms with Crippen LogP contribution in [-0.4, -0.2) is 44.2 Å². The number of halogens is 1. The Morgan fingerprint density at radius 3 is 2.14 bits per heavy atom. The minimum Gasteiger partial charge on any atom is -0.354 e. The summed E-state index contributed by atoms with van der Waals surface area (Å²) in [7, 11) is -2.41. The van der Waals surface area contributed by atoms with Crippen molar-refractivity contribution in [3.05, 3.63) is 58.6 Å². The average Bonchev–Trinajstić information content (AvgIpc) is 2.63. The summed E-state index contributed by atoms with van der Waals surface area (Å²) in [5, 5.41) is 5.48.